The first-order chi connectivity index (χ1) is 31.9. The highest BCUT2D eigenvalue weighted by molar-refractivity contribution is 5.93. The average Bonchev–Trinajstić information content (AvgIpc) is 3.62. The van der Waals surface area contributed by atoms with E-state index in [4.69, 9.17) is 16.5 Å². The molecule has 3 aromatic heterocycles. The molecule has 0 spiro atoms. The van der Waals surface area contributed by atoms with Crippen molar-refractivity contribution < 1.29 is 0 Å². The standard InChI is InChI=1S/C60H41N5/c1-60(2)53-19-10-20-55(61-3)58(53)52-26-25-43(35-54(52)60)46-29-50(49-31-47(44-17-11-27-62-37-44)30-48(32-49)45-18-12-28-63-38-45)34-51(33-46)57-36-56(64-59(65-57)42-15-8-5-9-16-42)41-23-21-40(22-24-41)39-13-6-4-7-14-39/h4-38H,1-2H3. The molecule has 5 nitrogen and oxygen atoms in total. The Hall–Kier alpha value is -8.59. The summed E-state index contributed by atoms with van der Waals surface area (Å²) in [5, 5.41) is 0. The summed E-state index contributed by atoms with van der Waals surface area (Å²) in [6.45, 7) is 12.5. The summed E-state index contributed by atoms with van der Waals surface area (Å²) in [5.41, 5.74) is 20.2. The summed E-state index contributed by atoms with van der Waals surface area (Å²) >= 11 is 0. The summed E-state index contributed by atoms with van der Waals surface area (Å²) in [6, 6.07) is 65.9. The van der Waals surface area contributed by atoms with Crippen LogP contribution in [0.1, 0.15) is 25.0 Å². The predicted octanol–water partition coefficient (Wildman–Crippen LogP) is 15.5. The summed E-state index contributed by atoms with van der Waals surface area (Å²) < 4.78 is 0. The molecule has 0 saturated carbocycles. The molecule has 0 aliphatic heterocycles. The highest BCUT2D eigenvalue weighted by Gasteiger charge is 2.36. The van der Waals surface area contributed by atoms with Gasteiger partial charge in [0.2, 0.25) is 0 Å². The van der Waals surface area contributed by atoms with Gasteiger partial charge in [-0.05, 0) is 127 Å². The molecule has 0 bridgehead atoms. The zero-order valence-electron chi connectivity index (χ0n) is 35.9. The first-order valence-electron chi connectivity index (χ1n) is 21.8. The lowest BCUT2D eigenvalue weighted by molar-refractivity contribution is 0.661. The molecule has 0 saturated heterocycles. The molecule has 0 radical (unpaired) electrons. The number of hydrogen-bond acceptors (Lipinski definition) is 4. The molecule has 306 valence electrons. The first-order valence-corrected chi connectivity index (χ1v) is 21.8. The number of benzene rings is 7. The zero-order valence-corrected chi connectivity index (χ0v) is 35.9. The van der Waals surface area contributed by atoms with Crippen molar-refractivity contribution in [1.29, 1.82) is 0 Å². The highest BCUT2D eigenvalue weighted by atomic mass is 14.9. The molecule has 3 heterocycles. The van der Waals surface area contributed by atoms with Crippen molar-refractivity contribution in [2.24, 2.45) is 0 Å². The van der Waals surface area contributed by atoms with Gasteiger partial charge in [-0.25, -0.2) is 14.8 Å². The smallest absolute Gasteiger partial charge is 0.195 e. The van der Waals surface area contributed by atoms with E-state index >= 15 is 0 Å². The van der Waals surface area contributed by atoms with Crippen LogP contribution in [0.3, 0.4) is 0 Å². The minimum atomic E-state index is -0.291. The third-order valence-corrected chi connectivity index (χ3v) is 12.7. The van der Waals surface area contributed by atoms with Gasteiger partial charge < -0.3 is 0 Å². The number of nitrogens with zero attached hydrogens (tertiary/aromatic N) is 5. The maximum Gasteiger partial charge on any atom is 0.195 e. The van der Waals surface area contributed by atoms with E-state index in [0.717, 1.165) is 89.3 Å². The van der Waals surface area contributed by atoms with Crippen molar-refractivity contribution in [3.05, 3.63) is 235 Å². The van der Waals surface area contributed by atoms with Crippen molar-refractivity contribution in [2.45, 2.75) is 19.3 Å². The van der Waals surface area contributed by atoms with Crippen molar-refractivity contribution in [3.8, 4) is 101 Å². The van der Waals surface area contributed by atoms with Crippen molar-refractivity contribution in [3.63, 3.8) is 0 Å². The molecule has 0 atom stereocenters. The summed E-state index contributed by atoms with van der Waals surface area (Å²) in [5.74, 6) is 0.655. The molecule has 0 N–H and O–H groups in total. The molecule has 5 heteroatoms. The molecule has 1 aliphatic carbocycles. The summed E-state index contributed by atoms with van der Waals surface area (Å²) in [6.07, 6.45) is 7.44. The van der Waals surface area contributed by atoms with E-state index in [2.05, 4.69) is 168 Å². The van der Waals surface area contributed by atoms with Crippen LogP contribution in [0.4, 0.5) is 5.69 Å². The van der Waals surface area contributed by atoms with Crippen molar-refractivity contribution in [2.75, 3.05) is 0 Å². The number of pyridine rings is 2. The quantitative estimate of drug-likeness (QED) is 0.143. The Morgan fingerprint density at radius 2 is 0.877 bits per heavy atom. The van der Waals surface area contributed by atoms with E-state index in [9.17, 15) is 0 Å². The minimum absolute atomic E-state index is 0.291. The third kappa shape index (κ3) is 7.37. The predicted molar refractivity (Wildman–Crippen MR) is 265 cm³/mol. The SMILES string of the molecule is [C-]#[N+]c1cccc2c1-c1ccc(-c3cc(-c4cc(-c5cccnc5)cc(-c5cccnc5)c4)cc(-c4cc(-c5ccc(-c6ccccc6)cc5)nc(-c5ccccc5)n4)c3)cc1C2(C)C. The lowest BCUT2D eigenvalue weighted by Crippen LogP contribution is -2.14. The van der Waals surface area contributed by atoms with Crippen LogP contribution in [0.5, 0.6) is 0 Å². The van der Waals surface area contributed by atoms with Crippen molar-refractivity contribution in [1.82, 2.24) is 19.9 Å². The van der Waals surface area contributed by atoms with Crippen molar-refractivity contribution >= 4 is 5.69 Å². The Morgan fingerprint density at radius 3 is 1.46 bits per heavy atom. The van der Waals surface area contributed by atoms with Gasteiger partial charge in [-0.15, -0.1) is 0 Å². The van der Waals surface area contributed by atoms with Crippen LogP contribution < -0.4 is 0 Å². The van der Waals surface area contributed by atoms with Gasteiger partial charge in [-0.2, -0.15) is 0 Å². The molecule has 1 aliphatic rings. The van der Waals surface area contributed by atoms with Gasteiger partial charge in [0.15, 0.2) is 11.5 Å². The maximum atomic E-state index is 8.00. The Morgan fingerprint density at radius 1 is 0.385 bits per heavy atom. The minimum Gasteiger partial charge on any atom is -0.264 e. The molecular formula is C60H41N5. The average molecular weight is 832 g/mol. The van der Waals surface area contributed by atoms with Crippen LogP contribution in [0, 0.1) is 6.57 Å². The molecule has 65 heavy (non-hydrogen) atoms. The fraction of sp³-hybridized carbons (Fsp3) is 0.0500. The molecule has 11 rings (SSSR count). The van der Waals surface area contributed by atoms with E-state index in [0.29, 0.717) is 11.5 Å². The van der Waals surface area contributed by atoms with E-state index in [-0.39, 0.29) is 5.41 Å². The van der Waals surface area contributed by atoms with Gasteiger partial charge in [0.25, 0.3) is 0 Å². The Kier molecular flexibility index (Phi) is 9.83. The van der Waals surface area contributed by atoms with Gasteiger partial charge in [0.1, 0.15) is 0 Å². The van der Waals surface area contributed by atoms with E-state index in [1.54, 1.807) is 12.4 Å². The largest absolute Gasteiger partial charge is 0.264 e. The normalized spacial score (nSPS) is 12.3. The Bertz CT molecular complexity index is 3370. The molecule has 0 amide bonds. The van der Waals surface area contributed by atoms with E-state index in [1.165, 1.54) is 16.7 Å². The first kappa shape index (κ1) is 39.3. The summed E-state index contributed by atoms with van der Waals surface area (Å²) in [7, 11) is 0. The van der Waals surface area contributed by atoms with E-state index < -0.39 is 0 Å². The third-order valence-electron chi connectivity index (χ3n) is 12.7. The number of fused-ring (bicyclic) bond motifs is 3. The van der Waals surface area contributed by atoms with Gasteiger partial charge in [0, 0.05) is 58.0 Å². The molecule has 10 aromatic rings. The number of aromatic nitrogens is 4. The van der Waals surface area contributed by atoms with Crippen LogP contribution in [-0.2, 0) is 5.41 Å². The van der Waals surface area contributed by atoms with Crippen LogP contribution >= 0.6 is 0 Å². The van der Waals surface area contributed by atoms with Gasteiger partial charge in [0.05, 0.1) is 18.0 Å². The second-order valence-corrected chi connectivity index (χ2v) is 17.0. The lowest BCUT2D eigenvalue weighted by Gasteiger charge is -2.22. The van der Waals surface area contributed by atoms with Crippen LogP contribution in [-0.4, -0.2) is 19.9 Å². The van der Waals surface area contributed by atoms with Crippen LogP contribution in [0.15, 0.2) is 213 Å². The molecule has 0 fully saturated rings. The zero-order chi connectivity index (χ0) is 43.9. The second kappa shape index (κ2) is 16.3. The van der Waals surface area contributed by atoms with E-state index in [1.807, 2.05) is 60.9 Å². The van der Waals surface area contributed by atoms with Gasteiger partial charge in [-0.1, -0.05) is 141 Å². The topological polar surface area (TPSA) is 55.9 Å². The van der Waals surface area contributed by atoms with Crippen LogP contribution in [0.25, 0.3) is 106 Å². The number of rotatable bonds is 8. The fourth-order valence-electron chi connectivity index (χ4n) is 9.27. The lowest BCUT2D eigenvalue weighted by atomic mass is 9.81. The van der Waals surface area contributed by atoms with Crippen LogP contribution in [0.2, 0.25) is 0 Å². The molecular weight excluding hydrogens is 791 g/mol. The molecule has 0 unspecified atom stereocenters. The Balaban J connectivity index is 1.13. The summed E-state index contributed by atoms with van der Waals surface area (Å²) in [4.78, 5) is 23.4. The fourth-order valence-corrected chi connectivity index (χ4v) is 9.27. The van der Waals surface area contributed by atoms with Gasteiger partial charge >= 0.3 is 0 Å². The second-order valence-electron chi connectivity index (χ2n) is 17.0. The Labute approximate surface area is 379 Å². The monoisotopic (exact) mass is 831 g/mol. The molecule has 7 aromatic carbocycles. The number of hydrogen-bond donors (Lipinski definition) is 0. The maximum absolute atomic E-state index is 8.00. The van der Waals surface area contributed by atoms with Gasteiger partial charge in [-0.3, -0.25) is 9.97 Å². The highest BCUT2D eigenvalue weighted by Crippen LogP contribution is 2.53.